The number of rotatable bonds is 9. The highest BCUT2D eigenvalue weighted by molar-refractivity contribution is 5.76. The molecule has 0 heterocycles. The van der Waals surface area contributed by atoms with E-state index >= 15 is 0 Å². The van der Waals surface area contributed by atoms with Gasteiger partial charge in [0.2, 0.25) is 5.91 Å². The maximum atomic E-state index is 11.8. The summed E-state index contributed by atoms with van der Waals surface area (Å²) in [4.78, 5) is 13.9. The van der Waals surface area contributed by atoms with Crippen LogP contribution < -0.4 is 11.1 Å². The maximum Gasteiger partial charge on any atom is 0.220 e. The van der Waals surface area contributed by atoms with Crippen LogP contribution in [0.1, 0.15) is 46.5 Å². The number of nitrogens with zero attached hydrogens (tertiary/aromatic N) is 1. The van der Waals surface area contributed by atoms with Crippen molar-refractivity contribution in [2.45, 2.75) is 52.5 Å². The molecule has 0 aromatic rings. The highest BCUT2D eigenvalue weighted by atomic mass is 16.1. The zero-order valence-corrected chi connectivity index (χ0v) is 12.8. The van der Waals surface area contributed by atoms with Crippen LogP contribution in [0.5, 0.6) is 0 Å². The first kappa shape index (κ1) is 17.4. The standard InChI is InChI=1S/C14H31N3O/c1-12(7-11-17(4)5)16-13(18)6-8-14(2,3)9-10-15/h12H,6-11,15H2,1-5H3,(H,16,18). The Bertz CT molecular complexity index is 239. The zero-order valence-electron chi connectivity index (χ0n) is 12.8. The second-order valence-corrected chi connectivity index (χ2v) is 6.26. The van der Waals surface area contributed by atoms with Crippen molar-refractivity contribution in [1.29, 1.82) is 0 Å². The second-order valence-electron chi connectivity index (χ2n) is 6.26. The van der Waals surface area contributed by atoms with Crippen LogP contribution in [-0.2, 0) is 4.79 Å². The van der Waals surface area contributed by atoms with Gasteiger partial charge in [-0.05, 0) is 58.8 Å². The summed E-state index contributed by atoms with van der Waals surface area (Å²) in [7, 11) is 4.09. The van der Waals surface area contributed by atoms with Crippen molar-refractivity contribution in [1.82, 2.24) is 10.2 Å². The van der Waals surface area contributed by atoms with Crippen molar-refractivity contribution >= 4 is 5.91 Å². The molecule has 1 atom stereocenters. The van der Waals surface area contributed by atoms with E-state index < -0.39 is 0 Å². The SMILES string of the molecule is CC(CCN(C)C)NC(=O)CCC(C)(C)CCN. The minimum absolute atomic E-state index is 0.159. The molecule has 0 aromatic carbocycles. The molecule has 0 radical (unpaired) electrons. The van der Waals surface area contributed by atoms with E-state index in [4.69, 9.17) is 5.73 Å². The summed E-state index contributed by atoms with van der Waals surface area (Å²) in [5, 5.41) is 3.05. The van der Waals surface area contributed by atoms with Gasteiger partial charge in [-0.1, -0.05) is 13.8 Å². The molecule has 1 unspecified atom stereocenters. The van der Waals surface area contributed by atoms with Gasteiger partial charge in [-0.2, -0.15) is 0 Å². The molecule has 0 rings (SSSR count). The molecule has 4 heteroatoms. The Labute approximate surface area is 112 Å². The lowest BCUT2D eigenvalue weighted by atomic mass is 9.84. The van der Waals surface area contributed by atoms with E-state index in [1.165, 1.54) is 0 Å². The summed E-state index contributed by atoms with van der Waals surface area (Å²) in [5.74, 6) is 0.159. The van der Waals surface area contributed by atoms with Gasteiger partial charge in [0.15, 0.2) is 0 Å². The lowest BCUT2D eigenvalue weighted by Crippen LogP contribution is -2.35. The Kier molecular flexibility index (Phi) is 8.20. The summed E-state index contributed by atoms with van der Waals surface area (Å²) < 4.78 is 0. The first-order valence-corrected chi connectivity index (χ1v) is 6.91. The van der Waals surface area contributed by atoms with Crippen molar-refractivity contribution in [3.8, 4) is 0 Å². The Morgan fingerprint density at radius 3 is 2.44 bits per heavy atom. The highest BCUT2D eigenvalue weighted by Crippen LogP contribution is 2.25. The van der Waals surface area contributed by atoms with Crippen molar-refractivity contribution in [2.75, 3.05) is 27.2 Å². The average molecular weight is 257 g/mol. The van der Waals surface area contributed by atoms with Gasteiger partial charge >= 0.3 is 0 Å². The van der Waals surface area contributed by atoms with Crippen LogP contribution in [0.2, 0.25) is 0 Å². The van der Waals surface area contributed by atoms with E-state index in [1.54, 1.807) is 0 Å². The molecule has 0 saturated carbocycles. The first-order chi connectivity index (χ1) is 8.26. The van der Waals surface area contributed by atoms with Crippen LogP contribution in [0.3, 0.4) is 0 Å². The van der Waals surface area contributed by atoms with Gasteiger partial charge in [-0.15, -0.1) is 0 Å². The van der Waals surface area contributed by atoms with Crippen LogP contribution in [0.25, 0.3) is 0 Å². The topological polar surface area (TPSA) is 58.4 Å². The molecule has 0 fully saturated rings. The van der Waals surface area contributed by atoms with Gasteiger partial charge < -0.3 is 16.0 Å². The first-order valence-electron chi connectivity index (χ1n) is 6.91. The average Bonchev–Trinajstić information content (AvgIpc) is 2.24. The van der Waals surface area contributed by atoms with Gasteiger partial charge in [-0.3, -0.25) is 4.79 Å². The normalized spacial score (nSPS) is 13.7. The van der Waals surface area contributed by atoms with Gasteiger partial charge in [0.05, 0.1) is 0 Å². The minimum Gasteiger partial charge on any atom is -0.354 e. The summed E-state index contributed by atoms with van der Waals surface area (Å²) in [6.07, 6.45) is 3.46. The lowest BCUT2D eigenvalue weighted by Gasteiger charge is -2.24. The fraction of sp³-hybridized carbons (Fsp3) is 0.929. The maximum absolute atomic E-state index is 11.8. The number of nitrogens with two attached hydrogens (primary N) is 1. The molecule has 0 spiro atoms. The van der Waals surface area contributed by atoms with Crippen molar-refractivity contribution in [3.05, 3.63) is 0 Å². The third kappa shape index (κ3) is 9.42. The Morgan fingerprint density at radius 1 is 1.33 bits per heavy atom. The number of carbonyl (C=O) groups is 1. The minimum atomic E-state index is 0.159. The molecule has 4 nitrogen and oxygen atoms in total. The summed E-state index contributed by atoms with van der Waals surface area (Å²) in [5.41, 5.74) is 5.73. The Hall–Kier alpha value is -0.610. The van der Waals surface area contributed by atoms with Gasteiger partial charge in [0.25, 0.3) is 0 Å². The van der Waals surface area contributed by atoms with E-state index in [-0.39, 0.29) is 17.4 Å². The molecule has 3 N–H and O–H groups in total. The van der Waals surface area contributed by atoms with E-state index in [0.717, 1.165) is 25.8 Å². The largest absolute Gasteiger partial charge is 0.354 e. The third-order valence-electron chi connectivity index (χ3n) is 3.27. The molecule has 0 aromatic heterocycles. The lowest BCUT2D eigenvalue weighted by molar-refractivity contribution is -0.122. The van der Waals surface area contributed by atoms with Crippen molar-refractivity contribution in [3.63, 3.8) is 0 Å². The third-order valence-corrected chi connectivity index (χ3v) is 3.27. The van der Waals surface area contributed by atoms with Crippen molar-refractivity contribution in [2.24, 2.45) is 11.1 Å². The summed E-state index contributed by atoms with van der Waals surface area (Å²) in [6, 6.07) is 0.248. The fourth-order valence-electron chi connectivity index (χ4n) is 1.84. The van der Waals surface area contributed by atoms with Gasteiger partial charge in [0, 0.05) is 12.5 Å². The molecular weight excluding hydrogens is 226 g/mol. The smallest absolute Gasteiger partial charge is 0.220 e. The van der Waals surface area contributed by atoms with Crippen LogP contribution >= 0.6 is 0 Å². The van der Waals surface area contributed by atoms with E-state index in [2.05, 4.69) is 31.0 Å². The number of carbonyl (C=O) groups excluding carboxylic acids is 1. The van der Waals surface area contributed by atoms with Crippen LogP contribution in [-0.4, -0.2) is 44.0 Å². The monoisotopic (exact) mass is 257 g/mol. The Balaban J connectivity index is 3.83. The van der Waals surface area contributed by atoms with Crippen LogP contribution in [0, 0.1) is 5.41 Å². The van der Waals surface area contributed by atoms with Crippen molar-refractivity contribution < 1.29 is 4.79 Å². The highest BCUT2D eigenvalue weighted by Gasteiger charge is 2.18. The Morgan fingerprint density at radius 2 is 1.94 bits per heavy atom. The number of hydrogen-bond acceptors (Lipinski definition) is 3. The molecule has 1 amide bonds. The van der Waals surface area contributed by atoms with E-state index in [0.29, 0.717) is 13.0 Å². The summed E-state index contributed by atoms with van der Waals surface area (Å²) in [6.45, 7) is 8.09. The van der Waals surface area contributed by atoms with Gasteiger partial charge in [-0.25, -0.2) is 0 Å². The van der Waals surface area contributed by atoms with Crippen LogP contribution in [0.15, 0.2) is 0 Å². The molecule has 0 aliphatic carbocycles. The molecule has 18 heavy (non-hydrogen) atoms. The predicted molar refractivity (Wildman–Crippen MR) is 77.5 cm³/mol. The quantitative estimate of drug-likeness (QED) is 0.659. The zero-order chi connectivity index (χ0) is 14.2. The molecule has 0 aliphatic rings. The predicted octanol–water partition coefficient (Wildman–Crippen LogP) is 1.60. The molecule has 0 saturated heterocycles. The molecule has 0 aliphatic heterocycles. The number of amides is 1. The second kappa shape index (κ2) is 8.48. The molecule has 0 bridgehead atoms. The van der Waals surface area contributed by atoms with Gasteiger partial charge in [0.1, 0.15) is 0 Å². The molecular formula is C14H31N3O. The van der Waals surface area contributed by atoms with E-state index in [9.17, 15) is 4.79 Å². The molecule has 108 valence electrons. The van der Waals surface area contributed by atoms with E-state index in [1.807, 2.05) is 14.1 Å². The fourth-order valence-corrected chi connectivity index (χ4v) is 1.84. The van der Waals surface area contributed by atoms with Crippen LogP contribution in [0.4, 0.5) is 0 Å². The number of hydrogen-bond donors (Lipinski definition) is 2. The summed E-state index contributed by atoms with van der Waals surface area (Å²) >= 11 is 0. The number of nitrogens with one attached hydrogen (secondary N) is 1.